The summed E-state index contributed by atoms with van der Waals surface area (Å²) in [5.74, 6) is 0.675. The minimum Gasteiger partial charge on any atom is -0.438 e. The van der Waals surface area contributed by atoms with Gasteiger partial charge in [0.1, 0.15) is 5.82 Å². The number of imidazole rings is 1. The highest BCUT2D eigenvalue weighted by Crippen LogP contribution is 2.19. The molecule has 0 saturated carbocycles. The number of benzene rings is 1. The number of hydrogen-bond donors (Lipinski definition) is 2. The van der Waals surface area contributed by atoms with Gasteiger partial charge in [0.05, 0.1) is 0 Å². The Morgan fingerprint density at radius 3 is 2.61 bits per heavy atom. The number of sulfonamides is 1. The van der Waals surface area contributed by atoms with Crippen molar-refractivity contribution in [2.75, 3.05) is 5.32 Å². The number of rotatable bonds is 7. The van der Waals surface area contributed by atoms with Crippen molar-refractivity contribution in [1.82, 2.24) is 14.3 Å². The molecule has 0 spiro atoms. The topological polar surface area (TPSA) is 106 Å². The Hall–Kier alpha value is -2.91. The maximum Gasteiger partial charge on any atom is 0.291 e. The molecule has 2 N–H and O–H groups in total. The number of hydrogen-bond acceptors (Lipinski definition) is 5. The van der Waals surface area contributed by atoms with Gasteiger partial charge in [-0.15, -0.1) is 0 Å². The van der Waals surface area contributed by atoms with E-state index in [-0.39, 0.29) is 10.9 Å². The summed E-state index contributed by atoms with van der Waals surface area (Å²) in [4.78, 5) is 17.0. The highest BCUT2D eigenvalue weighted by Gasteiger charge is 2.26. The Morgan fingerprint density at radius 1 is 1.19 bits per heavy atom. The lowest BCUT2D eigenvalue weighted by molar-refractivity contribution is 0.0991. The van der Waals surface area contributed by atoms with E-state index in [2.05, 4.69) is 33.4 Å². The number of anilines is 1. The van der Waals surface area contributed by atoms with Crippen molar-refractivity contribution in [2.45, 2.75) is 57.7 Å². The average molecular weight is 445 g/mol. The Labute approximate surface area is 182 Å². The fraction of sp³-hybridized carbons (Fsp3) is 0.364. The number of nitrogens with zero attached hydrogens (tertiary/aromatic N) is 2. The van der Waals surface area contributed by atoms with Crippen LogP contribution in [0.15, 0.2) is 58.3 Å². The van der Waals surface area contributed by atoms with Crippen molar-refractivity contribution in [2.24, 2.45) is 0 Å². The van der Waals surface area contributed by atoms with E-state index in [9.17, 15) is 13.2 Å². The minimum atomic E-state index is -3.86. The predicted molar refractivity (Wildman–Crippen MR) is 119 cm³/mol. The summed E-state index contributed by atoms with van der Waals surface area (Å²) in [6.45, 7) is 9.97. The number of nitrogens with one attached hydrogen (secondary N) is 2. The van der Waals surface area contributed by atoms with Gasteiger partial charge in [-0.1, -0.05) is 26.0 Å². The van der Waals surface area contributed by atoms with Crippen LogP contribution >= 0.6 is 0 Å². The summed E-state index contributed by atoms with van der Waals surface area (Å²) in [6, 6.07) is 10.1. The third kappa shape index (κ3) is 5.83. The van der Waals surface area contributed by atoms with E-state index in [1.54, 1.807) is 33.0 Å². The second kappa shape index (κ2) is 8.68. The van der Waals surface area contributed by atoms with Crippen LogP contribution in [0.3, 0.4) is 0 Å². The first kappa shape index (κ1) is 22.8. The summed E-state index contributed by atoms with van der Waals surface area (Å²) in [6.07, 6.45) is 3.70. The first-order valence-electron chi connectivity index (χ1n) is 10.00. The maximum atomic E-state index is 12.6. The lowest BCUT2D eigenvalue weighted by Gasteiger charge is -2.18. The summed E-state index contributed by atoms with van der Waals surface area (Å²) in [5.41, 5.74) is 0.913. The third-order valence-corrected chi connectivity index (χ3v) is 5.94. The molecule has 0 aliphatic carbocycles. The zero-order valence-electron chi connectivity index (χ0n) is 18.3. The van der Waals surface area contributed by atoms with E-state index in [0.29, 0.717) is 18.2 Å². The molecule has 0 radical (unpaired) electrons. The van der Waals surface area contributed by atoms with Gasteiger partial charge in [0.2, 0.25) is 5.09 Å². The molecule has 0 unspecified atom stereocenters. The Morgan fingerprint density at radius 2 is 1.94 bits per heavy atom. The van der Waals surface area contributed by atoms with E-state index in [1.807, 2.05) is 24.4 Å². The Balaban J connectivity index is 1.72. The van der Waals surface area contributed by atoms with Gasteiger partial charge in [0.25, 0.3) is 15.9 Å². The van der Waals surface area contributed by atoms with Crippen molar-refractivity contribution in [3.8, 4) is 0 Å². The van der Waals surface area contributed by atoms with Crippen LogP contribution in [0.25, 0.3) is 0 Å². The molecule has 0 aliphatic rings. The largest absolute Gasteiger partial charge is 0.438 e. The van der Waals surface area contributed by atoms with Crippen LogP contribution < -0.4 is 10.0 Å². The first-order chi connectivity index (χ1) is 14.4. The van der Waals surface area contributed by atoms with E-state index >= 15 is 0 Å². The molecule has 0 fully saturated rings. The summed E-state index contributed by atoms with van der Waals surface area (Å²) < 4.78 is 34.6. The first-order valence-corrected chi connectivity index (χ1v) is 11.5. The maximum absolute atomic E-state index is 12.6. The molecule has 9 heteroatoms. The zero-order valence-corrected chi connectivity index (χ0v) is 19.2. The van der Waals surface area contributed by atoms with Crippen LogP contribution in [0.5, 0.6) is 0 Å². The van der Waals surface area contributed by atoms with Gasteiger partial charge in [-0.3, -0.25) is 4.79 Å². The Bertz CT molecular complexity index is 1170. The molecule has 3 rings (SSSR count). The number of furan rings is 1. The van der Waals surface area contributed by atoms with Gasteiger partial charge in [-0.25, -0.2) is 18.1 Å². The molecule has 31 heavy (non-hydrogen) atoms. The molecule has 2 aromatic heterocycles. The third-order valence-electron chi connectivity index (χ3n) is 4.31. The quantitative estimate of drug-likeness (QED) is 0.573. The van der Waals surface area contributed by atoms with Crippen LogP contribution in [0.4, 0.5) is 5.69 Å². The summed E-state index contributed by atoms with van der Waals surface area (Å²) in [5, 5.41) is 2.45. The summed E-state index contributed by atoms with van der Waals surface area (Å²) >= 11 is 0. The standard InChI is InChI=1S/C22H28N4O4S/c1-15(2)20-23-11-12-26(20)14-16-7-6-8-17(13-16)24-21(27)18-9-10-19(30-18)31(28,29)25-22(3,4)5/h6-13,15,25H,14H2,1-5H3,(H,24,27). The van der Waals surface area contributed by atoms with Gasteiger partial charge >= 0.3 is 0 Å². The van der Waals surface area contributed by atoms with Gasteiger partial charge in [0.15, 0.2) is 5.76 Å². The fourth-order valence-corrected chi connectivity index (χ4v) is 4.49. The second-order valence-corrected chi connectivity index (χ2v) is 10.3. The molecule has 1 amide bonds. The van der Waals surface area contributed by atoms with Crippen molar-refractivity contribution < 1.29 is 17.6 Å². The zero-order chi connectivity index (χ0) is 22.8. The molecule has 8 nitrogen and oxygen atoms in total. The van der Waals surface area contributed by atoms with E-state index < -0.39 is 21.5 Å². The van der Waals surface area contributed by atoms with Gasteiger partial charge in [-0.05, 0) is 50.6 Å². The van der Waals surface area contributed by atoms with Crippen LogP contribution in [0, 0.1) is 0 Å². The molecule has 0 atom stereocenters. The molecular formula is C22H28N4O4S. The molecule has 0 bridgehead atoms. The smallest absolute Gasteiger partial charge is 0.291 e. The highest BCUT2D eigenvalue weighted by atomic mass is 32.2. The van der Waals surface area contributed by atoms with Crippen LogP contribution in [-0.4, -0.2) is 29.4 Å². The van der Waals surface area contributed by atoms with Crippen molar-refractivity contribution in [1.29, 1.82) is 0 Å². The lowest BCUT2D eigenvalue weighted by atomic mass is 10.1. The van der Waals surface area contributed by atoms with Crippen LogP contribution in [0.2, 0.25) is 0 Å². The van der Waals surface area contributed by atoms with Crippen LogP contribution in [0.1, 0.15) is 62.5 Å². The van der Waals surface area contributed by atoms with Crippen molar-refractivity contribution in [3.63, 3.8) is 0 Å². The van der Waals surface area contributed by atoms with Crippen LogP contribution in [-0.2, 0) is 16.6 Å². The van der Waals surface area contributed by atoms with E-state index in [4.69, 9.17) is 4.42 Å². The van der Waals surface area contributed by atoms with Gasteiger partial charge in [-0.2, -0.15) is 0 Å². The predicted octanol–water partition coefficient (Wildman–Crippen LogP) is 3.98. The number of aromatic nitrogens is 2. The summed E-state index contributed by atoms with van der Waals surface area (Å²) in [7, 11) is -3.86. The Kier molecular flexibility index (Phi) is 6.38. The minimum absolute atomic E-state index is 0.0867. The normalized spacial score (nSPS) is 12.3. The lowest BCUT2D eigenvalue weighted by Crippen LogP contribution is -2.40. The van der Waals surface area contributed by atoms with Crippen molar-refractivity contribution in [3.05, 3.63) is 65.9 Å². The second-order valence-electron chi connectivity index (χ2n) is 8.70. The number of carbonyl (C=O) groups excluding carboxylic acids is 1. The monoisotopic (exact) mass is 444 g/mol. The molecule has 3 aromatic rings. The van der Waals surface area contributed by atoms with E-state index in [1.165, 1.54) is 12.1 Å². The highest BCUT2D eigenvalue weighted by molar-refractivity contribution is 7.89. The van der Waals surface area contributed by atoms with Gasteiger partial charge < -0.3 is 14.3 Å². The molecule has 0 aliphatic heterocycles. The molecule has 1 aromatic carbocycles. The van der Waals surface area contributed by atoms with E-state index in [0.717, 1.165) is 11.4 Å². The molecule has 0 saturated heterocycles. The number of amides is 1. The van der Waals surface area contributed by atoms with Crippen molar-refractivity contribution >= 4 is 21.6 Å². The molecular weight excluding hydrogens is 416 g/mol. The van der Waals surface area contributed by atoms with Gasteiger partial charge in [0, 0.05) is 36.1 Å². The SMILES string of the molecule is CC(C)c1nccn1Cc1cccc(NC(=O)c2ccc(S(=O)(=O)NC(C)(C)C)o2)c1. The average Bonchev–Trinajstić information content (AvgIpc) is 3.30. The molecule has 2 heterocycles. The molecule has 166 valence electrons. The number of carbonyl (C=O) groups is 1. The fourth-order valence-electron chi connectivity index (χ4n) is 3.13.